The van der Waals surface area contributed by atoms with Gasteiger partial charge in [0, 0.05) is 5.69 Å². The van der Waals surface area contributed by atoms with Crippen molar-refractivity contribution in [3.63, 3.8) is 0 Å². The van der Waals surface area contributed by atoms with E-state index >= 15 is 0 Å². The van der Waals surface area contributed by atoms with Crippen LogP contribution in [0.25, 0.3) is 0 Å². The Morgan fingerprint density at radius 2 is 1.77 bits per heavy atom. The molecule has 0 heterocycles. The van der Waals surface area contributed by atoms with Gasteiger partial charge < -0.3 is 14.8 Å². The molecule has 0 aliphatic rings. The Morgan fingerprint density at radius 3 is 2.46 bits per heavy atom. The van der Waals surface area contributed by atoms with Gasteiger partial charge in [0.2, 0.25) is 0 Å². The highest BCUT2D eigenvalue weighted by atomic mass is 16.6. The first kappa shape index (κ1) is 19.5. The zero-order valence-electron chi connectivity index (χ0n) is 15.7. The second-order valence-electron chi connectivity index (χ2n) is 6.51. The Morgan fingerprint density at radius 1 is 1.04 bits per heavy atom. The molecule has 0 fully saturated rings. The van der Waals surface area contributed by atoms with Crippen LogP contribution < -0.4 is 10.1 Å². The Labute approximate surface area is 154 Å². The van der Waals surface area contributed by atoms with Gasteiger partial charge in [-0.2, -0.15) is 0 Å². The largest absolute Gasteiger partial charge is 0.482 e. The number of benzene rings is 2. The van der Waals surface area contributed by atoms with Gasteiger partial charge in [0.25, 0.3) is 5.91 Å². The number of para-hydroxylation sites is 1. The molecule has 5 heteroatoms. The topological polar surface area (TPSA) is 64.6 Å². The zero-order chi connectivity index (χ0) is 19.1. The number of nitrogens with one attached hydrogen (secondary N) is 1. The Hall–Kier alpha value is -2.82. The standard InChI is InChI=1S/C21H25NO4/c1-14(2)17-10-9-15(3)11-19(17)25-13-21(24)26-12-20(23)22-18-8-6-5-7-16(18)4/h5-11,14H,12-13H2,1-4H3,(H,22,23). The van der Waals surface area contributed by atoms with Gasteiger partial charge in [-0.05, 0) is 48.6 Å². The van der Waals surface area contributed by atoms with E-state index in [1.54, 1.807) is 6.07 Å². The molecule has 0 bridgehead atoms. The zero-order valence-corrected chi connectivity index (χ0v) is 15.7. The Bertz CT molecular complexity index is 783. The lowest BCUT2D eigenvalue weighted by Crippen LogP contribution is -2.24. The van der Waals surface area contributed by atoms with Crippen LogP contribution in [0.4, 0.5) is 5.69 Å². The molecule has 1 N–H and O–H groups in total. The minimum absolute atomic E-state index is 0.235. The van der Waals surface area contributed by atoms with Gasteiger partial charge in [0.1, 0.15) is 5.75 Å². The minimum Gasteiger partial charge on any atom is -0.482 e. The molecule has 0 atom stereocenters. The van der Waals surface area contributed by atoms with Crippen molar-refractivity contribution in [1.29, 1.82) is 0 Å². The van der Waals surface area contributed by atoms with Crippen LogP contribution in [0.5, 0.6) is 5.75 Å². The normalized spacial score (nSPS) is 10.5. The summed E-state index contributed by atoms with van der Waals surface area (Å²) in [6.45, 7) is 7.40. The molecule has 0 unspecified atom stereocenters. The molecule has 0 spiro atoms. The number of carbonyl (C=O) groups is 2. The average molecular weight is 355 g/mol. The second kappa shape index (κ2) is 9.04. The van der Waals surface area contributed by atoms with Crippen LogP contribution in [0.3, 0.4) is 0 Å². The monoisotopic (exact) mass is 355 g/mol. The van der Waals surface area contributed by atoms with Gasteiger partial charge in [-0.15, -0.1) is 0 Å². The fourth-order valence-electron chi connectivity index (χ4n) is 2.47. The molecule has 1 amide bonds. The third kappa shape index (κ3) is 5.62. The van der Waals surface area contributed by atoms with Crippen molar-refractivity contribution >= 4 is 17.6 Å². The molecular formula is C21H25NO4. The molecule has 138 valence electrons. The van der Waals surface area contributed by atoms with Crippen molar-refractivity contribution in [2.75, 3.05) is 18.5 Å². The quantitative estimate of drug-likeness (QED) is 0.763. The molecule has 0 saturated heterocycles. The third-order valence-corrected chi connectivity index (χ3v) is 3.92. The summed E-state index contributed by atoms with van der Waals surface area (Å²) in [6, 6.07) is 13.3. The highest BCUT2D eigenvalue weighted by molar-refractivity contribution is 5.93. The molecule has 0 aliphatic heterocycles. The van der Waals surface area contributed by atoms with E-state index in [1.165, 1.54) is 0 Å². The minimum atomic E-state index is -0.582. The third-order valence-electron chi connectivity index (χ3n) is 3.92. The number of carbonyl (C=O) groups excluding carboxylic acids is 2. The summed E-state index contributed by atoms with van der Waals surface area (Å²) in [5.74, 6) is -0.0185. The molecule has 0 aliphatic carbocycles. The number of hydrogen-bond acceptors (Lipinski definition) is 4. The molecule has 2 aromatic carbocycles. The van der Waals surface area contributed by atoms with Crippen LogP contribution in [-0.4, -0.2) is 25.1 Å². The maximum absolute atomic E-state index is 11.9. The number of esters is 1. The van der Waals surface area contributed by atoms with E-state index in [0.29, 0.717) is 11.4 Å². The van der Waals surface area contributed by atoms with Crippen LogP contribution in [0.1, 0.15) is 36.5 Å². The summed E-state index contributed by atoms with van der Waals surface area (Å²) in [6.07, 6.45) is 0. The number of hydrogen-bond donors (Lipinski definition) is 1. The summed E-state index contributed by atoms with van der Waals surface area (Å²) in [7, 11) is 0. The highest BCUT2D eigenvalue weighted by Crippen LogP contribution is 2.27. The smallest absolute Gasteiger partial charge is 0.344 e. The maximum Gasteiger partial charge on any atom is 0.344 e. The van der Waals surface area contributed by atoms with Gasteiger partial charge in [0.05, 0.1) is 0 Å². The lowest BCUT2D eigenvalue weighted by Gasteiger charge is -2.14. The van der Waals surface area contributed by atoms with Crippen molar-refractivity contribution in [2.24, 2.45) is 0 Å². The van der Waals surface area contributed by atoms with E-state index in [2.05, 4.69) is 19.2 Å². The molecule has 5 nitrogen and oxygen atoms in total. The number of aryl methyl sites for hydroxylation is 2. The molecule has 0 radical (unpaired) electrons. The second-order valence-corrected chi connectivity index (χ2v) is 6.51. The summed E-state index contributed by atoms with van der Waals surface area (Å²) in [5.41, 5.74) is 3.72. The molecule has 26 heavy (non-hydrogen) atoms. The molecule has 2 aromatic rings. The molecule has 2 rings (SSSR count). The summed E-state index contributed by atoms with van der Waals surface area (Å²) >= 11 is 0. The fourth-order valence-corrected chi connectivity index (χ4v) is 2.47. The van der Waals surface area contributed by atoms with E-state index in [1.807, 2.05) is 50.2 Å². The van der Waals surface area contributed by atoms with Crippen molar-refractivity contribution in [3.8, 4) is 5.75 Å². The van der Waals surface area contributed by atoms with Crippen LogP contribution in [0, 0.1) is 13.8 Å². The molecular weight excluding hydrogens is 330 g/mol. The van der Waals surface area contributed by atoms with Crippen LogP contribution >= 0.6 is 0 Å². The lowest BCUT2D eigenvalue weighted by molar-refractivity contribution is -0.149. The number of amides is 1. The summed E-state index contributed by atoms with van der Waals surface area (Å²) in [5, 5.41) is 2.71. The SMILES string of the molecule is Cc1ccc(C(C)C)c(OCC(=O)OCC(=O)Nc2ccccc2C)c1. The average Bonchev–Trinajstić information content (AvgIpc) is 2.60. The Kier molecular flexibility index (Phi) is 6.78. The number of ether oxygens (including phenoxy) is 2. The van der Waals surface area contributed by atoms with E-state index in [4.69, 9.17) is 9.47 Å². The first-order valence-electron chi connectivity index (χ1n) is 8.61. The van der Waals surface area contributed by atoms with Crippen molar-refractivity contribution in [2.45, 2.75) is 33.6 Å². The predicted octanol–water partition coefficient (Wildman–Crippen LogP) is 3.99. The van der Waals surface area contributed by atoms with Gasteiger partial charge in [-0.3, -0.25) is 4.79 Å². The summed E-state index contributed by atoms with van der Waals surface area (Å²) in [4.78, 5) is 23.8. The number of rotatable bonds is 7. The molecule has 0 aromatic heterocycles. The van der Waals surface area contributed by atoms with E-state index in [0.717, 1.165) is 16.7 Å². The van der Waals surface area contributed by atoms with Crippen LogP contribution in [-0.2, 0) is 14.3 Å². The number of anilines is 1. The van der Waals surface area contributed by atoms with E-state index in [9.17, 15) is 9.59 Å². The predicted molar refractivity (Wildman–Crippen MR) is 102 cm³/mol. The van der Waals surface area contributed by atoms with Crippen LogP contribution in [0.2, 0.25) is 0 Å². The van der Waals surface area contributed by atoms with Gasteiger partial charge >= 0.3 is 5.97 Å². The fraction of sp³-hybridized carbons (Fsp3) is 0.333. The lowest BCUT2D eigenvalue weighted by atomic mass is 10.0. The first-order valence-corrected chi connectivity index (χ1v) is 8.61. The maximum atomic E-state index is 11.9. The van der Waals surface area contributed by atoms with Gasteiger partial charge in [-0.1, -0.05) is 44.2 Å². The Balaban J connectivity index is 1.83. The van der Waals surface area contributed by atoms with Crippen LogP contribution in [0.15, 0.2) is 42.5 Å². The molecule has 0 saturated carbocycles. The van der Waals surface area contributed by atoms with Gasteiger partial charge in [0.15, 0.2) is 13.2 Å². The van der Waals surface area contributed by atoms with Gasteiger partial charge in [-0.25, -0.2) is 4.79 Å². The van der Waals surface area contributed by atoms with E-state index in [-0.39, 0.29) is 25.0 Å². The van der Waals surface area contributed by atoms with Crippen molar-refractivity contribution in [1.82, 2.24) is 0 Å². The van der Waals surface area contributed by atoms with Crippen molar-refractivity contribution in [3.05, 3.63) is 59.2 Å². The first-order chi connectivity index (χ1) is 12.4. The van der Waals surface area contributed by atoms with E-state index < -0.39 is 5.97 Å². The highest BCUT2D eigenvalue weighted by Gasteiger charge is 2.12. The summed E-state index contributed by atoms with van der Waals surface area (Å²) < 4.78 is 10.6. The van der Waals surface area contributed by atoms with Crippen molar-refractivity contribution < 1.29 is 19.1 Å².